The molecule has 2 aliphatic rings. The van der Waals surface area contributed by atoms with Crippen LogP contribution in [0, 0.1) is 17.8 Å². The maximum atomic E-state index is 11.7. The molecule has 20 heavy (non-hydrogen) atoms. The summed E-state index contributed by atoms with van der Waals surface area (Å²) in [5.41, 5.74) is 0. The molecule has 2 rings (SSSR count). The van der Waals surface area contributed by atoms with Crippen LogP contribution < -0.4 is 5.32 Å². The van der Waals surface area contributed by atoms with Gasteiger partial charge in [-0.15, -0.1) is 24.0 Å². The lowest BCUT2D eigenvalue weighted by Crippen LogP contribution is -2.41. The van der Waals surface area contributed by atoms with Crippen molar-refractivity contribution in [3.05, 3.63) is 0 Å². The Morgan fingerprint density at radius 2 is 2.10 bits per heavy atom. The molecule has 5 nitrogen and oxygen atoms in total. The van der Waals surface area contributed by atoms with Crippen molar-refractivity contribution in [2.75, 3.05) is 33.8 Å². The molecule has 2 atom stereocenters. The second-order valence-corrected chi connectivity index (χ2v) is 5.72. The molecular formula is C14H26IN3O2. The quantitative estimate of drug-likeness (QED) is 0.341. The van der Waals surface area contributed by atoms with Crippen molar-refractivity contribution in [3.63, 3.8) is 0 Å². The molecule has 2 fully saturated rings. The Morgan fingerprint density at radius 3 is 2.65 bits per heavy atom. The lowest BCUT2D eigenvalue weighted by Gasteiger charge is -2.21. The van der Waals surface area contributed by atoms with E-state index in [4.69, 9.17) is 4.74 Å². The van der Waals surface area contributed by atoms with Crippen molar-refractivity contribution in [3.8, 4) is 0 Å². The van der Waals surface area contributed by atoms with Gasteiger partial charge in [0.1, 0.15) is 0 Å². The third-order valence-electron chi connectivity index (χ3n) is 4.16. The van der Waals surface area contributed by atoms with Gasteiger partial charge < -0.3 is 15.0 Å². The number of halogens is 1. The zero-order valence-electron chi connectivity index (χ0n) is 12.6. The number of guanidine groups is 1. The van der Waals surface area contributed by atoms with E-state index < -0.39 is 0 Å². The van der Waals surface area contributed by atoms with Gasteiger partial charge in [0.25, 0.3) is 0 Å². The Kier molecular flexibility index (Phi) is 7.05. The predicted molar refractivity (Wildman–Crippen MR) is 90.4 cm³/mol. The first-order valence-corrected chi connectivity index (χ1v) is 7.19. The van der Waals surface area contributed by atoms with Crippen LogP contribution in [-0.4, -0.2) is 50.6 Å². The summed E-state index contributed by atoms with van der Waals surface area (Å²) >= 11 is 0. The molecule has 0 radical (unpaired) electrons. The van der Waals surface area contributed by atoms with Crippen LogP contribution in [0.1, 0.15) is 26.2 Å². The fraction of sp³-hybridized carbons (Fsp3) is 0.857. The molecule has 0 bridgehead atoms. The van der Waals surface area contributed by atoms with Crippen LogP contribution in [0.5, 0.6) is 0 Å². The normalized spacial score (nSPS) is 26.1. The van der Waals surface area contributed by atoms with E-state index in [2.05, 4.69) is 22.1 Å². The average molecular weight is 395 g/mol. The van der Waals surface area contributed by atoms with E-state index >= 15 is 0 Å². The number of ether oxygens (including phenoxy) is 1. The van der Waals surface area contributed by atoms with Gasteiger partial charge in [-0.05, 0) is 18.3 Å². The molecule has 2 unspecified atom stereocenters. The second-order valence-electron chi connectivity index (χ2n) is 5.72. The molecular weight excluding hydrogens is 369 g/mol. The summed E-state index contributed by atoms with van der Waals surface area (Å²) in [5.74, 6) is 2.01. The summed E-state index contributed by atoms with van der Waals surface area (Å²) in [5, 5.41) is 3.40. The topological polar surface area (TPSA) is 53.9 Å². The number of hydrogen-bond acceptors (Lipinski definition) is 3. The first kappa shape index (κ1) is 17.5. The second kappa shape index (κ2) is 8.05. The minimum atomic E-state index is -0.108. The summed E-state index contributed by atoms with van der Waals surface area (Å²) < 4.78 is 4.86. The van der Waals surface area contributed by atoms with Crippen molar-refractivity contribution in [1.82, 2.24) is 10.2 Å². The van der Waals surface area contributed by atoms with Crippen LogP contribution in [0.25, 0.3) is 0 Å². The monoisotopic (exact) mass is 395 g/mol. The minimum absolute atomic E-state index is 0. The highest BCUT2D eigenvalue weighted by atomic mass is 127. The van der Waals surface area contributed by atoms with E-state index in [1.165, 1.54) is 26.4 Å². The van der Waals surface area contributed by atoms with Crippen LogP contribution in [0.4, 0.5) is 0 Å². The highest BCUT2D eigenvalue weighted by molar-refractivity contribution is 14.0. The van der Waals surface area contributed by atoms with Gasteiger partial charge >= 0.3 is 5.97 Å². The predicted octanol–water partition coefficient (Wildman–Crippen LogP) is 1.72. The third-order valence-corrected chi connectivity index (χ3v) is 4.16. The summed E-state index contributed by atoms with van der Waals surface area (Å²) in [7, 11) is 3.26. The van der Waals surface area contributed by atoms with Gasteiger partial charge in [-0.2, -0.15) is 0 Å². The van der Waals surface area contributed by atoms with Gasteiger partial charge in [-0.1, -0.05) is 19.8 Å². The first-order valence-electron chi connectivity index (χ1n) is 7.19. The van der Waals surface area contributed by atoms with E-state index in [1.807, 2.05) is 0 Å². The zero-order chi connectivity index (χ0) is 13.8. The number of nitrogens with one attached hydrogen (secondary N) is 1. The largest absolute Gasteiger partial charge is 0.469 e. The summed E-state index contributed by atoms with van der Waals surface area (Å²) in [4.78, 5) is 18.2. The molecule has 6 heteroatoms. The first-order chi connectivity index (χ1) is 9.15. The van der Waals surface area contributed by atoms with Gasteiger partial charge in [-0.25, -0.2) is 0 Å². The molecule has 1 aliphatic carbocycles. The van der Waals surface area contributed by atoms with Crippen LogP contribution in [-0.2, 0) is 9.53 Å². The fourth-order valence-corrected chi connectivity index (χ4v) is 2.72. The minimum Gasteiger partial charge on any atom is -0.469 e. The average Bonchev–Trinajstić information content (AvgIpc) is 3.15. The third kappa shape index (κ3) is 4.49. The van der Waals surface area contributed by atoms with Gasteiger partial charge in [0.15, 0.2) is 5.96 Å². The van der Waals surface area contributed by atoms with Crippen LogP contribution >= 0.6 is 24.0 Å². The number of methoxy groups -OCH3 is 1. The van der Waals surface area contributed by atoms with Crippen molar-refractivity contribution >= 4 is 35.9 Å². The van der Waals surface area contributed by atoms with E-state index in [-0.39, 0.29) is 35.9 Å². The smallest absolute Gasteiger partial charge is 0.310 e. The van der Waals surface area contributed by atoms with Crippen LogP contribution in [0.15, 0.2) is 4.99 Å². The molecule has 1 N–H and O–H groups in total. The number of likely N-dealkylation sites (tertiary alicyclic amines) is 1. The molecule has 0 aromatic carbocycles. The van der Waals surface area contributed by atoms with Crippen molar-refractivity contribution in [1.29, 1.82) is 0 Å². The van der Waals surface area contributed by atoms with Gasteiger partial charge in [0.2, 0.25) is 0 Å². The lowest BCUT2D eigenvalue weighted by molar-refractivity contribution is -0.145. The van der Waals surface area contributed by atoms with E-state index in [1.54, 1.807) is 7.05 Å². The van der Waals surface area contributed by atoms with Crippen molar-refractivity contribution < 1.29 is 9.53 Å². The number of esters is 1. The van der Waals surface area contributed by atoms with Gasteiger partial charge in [-0.3, -0.25) is 9.79 Å². The Balaban J connectivity index is 0.00000200. The molecule has 1 heterocycles. The summed E-state index contributed by atoms with van der Waals surface area (Å²) in [6.45, 7) is 4.64. The maximum Gasteiger partial charge on any atom is 0.310 e. The molecule has 1 saturated heterocycles. The molecule has 0 aromatic rings. The van der Waals surface area contributed by atoms with Gasteiger partial charge in [0, 0.05) is 26.7 Å². The number of aliphatic imine (C=N–C) groups is 1. The van der Waals surface area contributed by atoms with E-state index in [0.717, 1.165) is 25.0 Å². The number of rotatable bonds is 4. The van der Waals surface area contributed by atoms with Crippen molar-refractivity contribution in [2.45, 2.75) is 26.2 Å². The number of hydrogen-bond donors (Lipinski definition) is 1. The number of carbonyl (C=O) groups is 1. The zero-order valence-corrected chi connectivity index (χ0v) is 14.9. The highest BCUT2D eigenvalue weighted by Gasteiger charge is 2.36. The van der Waals surface area contributed by atoms with E-state index in [9.17, 15) is 4.79 Å². The number of carbonyl (C=O) groups excluding carboxylic acids is 1. The molecule has 0 amide bonds. The van der Waals surface area contributed by atoms with E-state index in [0.29, 0.717) is 12.5 Å². The molecule has 0 spiro atoms. The van der Waals surface area contributed by atoms with Crippen molar-refractivity contribution in [2.24, 2.45) is 22.7 Å². The Labute approximate surface area is 138 Å². The Hall–Kier alpha value is -0.530. The van der Waals surface area contributed by atoms with Crippen LogP contribution in [0.3, 0.4) is 0 Å². The molecule has 1 saturated carbocycles. The Morgan fingerprint density at radius 1 is 1.40 bits per heavy atom. The highest BCUT2D eigenvalue weighted by Crippen LogP contribution is 2.31. The summed E-state index contributed by atoms with van der Waals surface area (Å²) in [6.07, 6.45) is 3.99. The fourth-order valence-electron chi connectivity index (χ4n) is 2.72. The molecule has 1 aliphatic heterocycles. The molecule has 116 valence electrons. The Bertz CT molecular complexity index is 358. The lowest BCUT2D eigenvalue weighted by atomic mass is 9.99. The van der Waals surface area contributed by atoms with Crippen LogP contribution in [0.2, 0.25) is 0 Å². The maximum absolute atomic E-state index is 11.7. The summed E-state index contributed by atoms with van der Waals surface area (Å²) in [6, 6.07) is 0. The van der Waals surface area contributed by atoms with Gasteiger partial charge in [0.05, 0.1) is 13.0 Å². The molecule has 0 aromatic heterocycles. The SMILES string of the molecule is CN=C(NCCC1CC1)N1CC(C)C(C(=O)OC)C1.I. The number of nitrogens with zero attached hydrogens (tertiary/aromatic N) is 2. The standard InChI is InChI=1S/C14H25N3O2.HI/c1-10-8-17(9-12(10)13(18)19-3)14(15-2)16-7-6-11-4-5-11;/h10-12H,4-9H2,1-3H3,(H,15,16);1H.